The second-order valence-electron chi connectivity index (χ2n) is 2.56. The fourth-order valence-corrected chi connectivity index (χ4v) is 1.18. The van der Waals surface area contributed by atoms with E-state index in [1.807, 2.05) is 13.0 Å². The number of ether oxygens (including phenoxy) is 1. The summed E-state index contributed by atoms with van der Waals surface area (Å²) in [6, 6.07) is 3.46. The van der Waals surface area contributed by atoms with Crippen molar-refractivity contribution >= 4 is 5.69 Å². The highest BCUT2D eigenvalue weighted by molar-refractivity contribution is 5.67. The van der Waals surface area contributed by atoms with Gasteiger partial charge in [0.25, 0.3) is 0 Å². The molecule has 66 valence electrons. The molecule has 0 aromatic heterocycles. The van der Waals surface area contributed by atoms with E-state index in [1.165, 1.54) is 0 Å². The van der Waals surface area contributed by atoms with Gasteiger partial charge in [-0.05, 0) is 18.6 Å². The van der Waals surface area contributed by atoms with E-state index in [0.717, 1.165) is 5.56 Å². The lowest BCUT2D eigenvalue weighted by atomic mass is 10.2. The lowest BCUT2D eigenvalue weighted by Gasteiger charge is -2.11. The van der Waals surface area contributed by atoms with E-state index < -0.39 is 0 Å². The summed E-state index contributed by atoms with van der Waals surface area (Å²) in [5, 5.41) is 12.3. The second-order valence-corrected chi connectivity index (χ2v) is 2.56. The van der Waals surface area contributed by atoms with Crippen molar-refractivity contribution in [2.45, 2.75) is 6.92 Å². The maximum absolute atomic E-state index is 9.40. The van der Waals surface area contributed by atoms with Crippen molar-refractivity contribution in [3.05, 3.63) is 17.7 Å². The van der Waals surface area contributed by atoms with E-state index >= 15 is 0 Å². The van der Waals surface area contributed by atoms with Crippen LogP contribution in [0.3, 0.4) is 0 Å². The minimum atomic E-state index is 0.208. The molecule has 0 unspecified atom stereocenters. The van der Waals surface area contributed by atoms with Crippen molar-refractivity contribution in [2.75, 3.05) is 19.5 Å². The SMILES string of the molecule is CNc1c(O)ccc(C)c1OC. The molecule has 3 nitrogen and oxygen atoms in total. The van der Waals surface area contributed by atoms with Crippen LogP contribution in [0, 0.1) is 6.92 Å². The molecule has 0 amide bonds. The first-order chi connectivity index (χ1) is 5.70. The lowest BCUT2D eigenvalue weighted by molar-refractivity contribution is 0.407. The number of phenolic OH excluding ortho intramolecular Hbond substituents is 1. The minimum Gasteiger partial charge on any atom is -0.506 e. The van der Waals surface area contributed by atoms with Gasteiger partial charge in [0, 0.05) is 7.05 Å². The average Bonchev–Trinajstić information content (AvgIpc) is 2.08. The van der Waals surface area contributed by atoms with Gasteiger partial charge in [-0.25, -0.2) is 0 Å². The van der Waals surface area contributed by atoms with Crippen LogP contribution >= 0.6 is 0 Å². The molecule has 0 radical (unpaired) electrons. The van der Waals surface area contributed by atoms with Crippen LogP contribution in [0.4, 0.5) is 5.69 Å². The third-order valence-electron chi connectivity index (χ3n) is 1.79. The molecule has 1 aromatic rings. The van der Waals surface area contributed by atoms with Crippen molar-refractivity contribution in [1.29, 1.82) is 0 Å². The van der Waals surface area contributed by atoms with E-state index in [-0.39, 0.29) is 5.75 Å². The van der Waals surface area contributed by atoms with Gasteiger partial charge in [-0.2, -0.15) is 0 Å². The summed E-state index contributed by atoms with van der Waals surface area (Å²) in [6.07, 6.45) is 0. The van der Waals surface area contributed by atoms with Gasteiger partial charge >= 0.3 is 0 Å². The zero-order chi connectivity index (χ0) is 9.14. The van der Waals surface area contributed by atoms with Gasteiger partial charge in [-0.15, -0.1) is 0 Å². The Balaban J connectivity index is 3.28. The molecule has 0 saturated carbocycles. The fourth-order valence-electron chi connectivity index (χ4n) is 1.18. The van der Waals surface area contributed by atoms with Gasteiger partial charge in [0.15, 0.2) is 0 Å². The maximum atomic E-state index is 9.40. The van der Waals surface area contributed by atoms with Crippen LogP contribution in [0.5, 0.6) is 11.5 Å². The molecule has 3 heteroatoms. The molecule has 0 atom stereocenters. The van der Waals surface area contributed by atoms with Crippen molar-refractivity contribution in [3.63, 3.8) is 0 Å². The highest BCUT2D eigenvalue weighted by atomic mass is 16.5. The monoisotopic (exact) mass is 167 g/mol. The molecule has 1 aromatic carbocycles. The van der Waals surface area contributed by atoms with Gasteiger partial charge < -0.3 is 15.2 Å². The lowest BCUT2D eigenvalue weighted by Crippen LogP contribution is -1.95. The zero-order valence-electron chi connectivity index (χ0n) is 7.51. The topological polar surface area (TPSA) is 41.5 Å². The van der Waals surface area contributed by atoms with E-state index in [2.05, 4.69) is 5.32 Å². The number of rotatable bonds is 2. The summed E-state index contributed by atoms with van der Waals surface area (Å²) in [7, 11) is 3.33. The molecule has 1 rings (SSSR count). The first-order valence-corrected chi connectivity index (χ1v) is 3.75. The molecule has 0 aliphatic carbocycles. The molecular weight excluding hydrogens is 154 g/mol. The molecule has 0 spiro atoms. The fraction of sp³-hybridized carbons (Fsp3) is 0.333. The summed E-state index contributed by atoms with van der Waals surface area (Å²) in [6.45, 7) is 1.93. The zero-order valence-corrected chi connectivity index (χ0v) is 7.51. The third kappa shape index (κ3) is 1.30. The number of methoxy groups -OCH3 is 1. The van der Waals surface area contributed by atoms with Gasteiger partial charge in [0.2, 0.25) is 0 Å². The Morgan fingerprint density at radius 1 is 1.42 bits per heavy atom. The van der Waals surface area contributed by atoms with Crippen molar-refractivity contribution in [2.24, 2.45) is 0 Å². The highest BCUT2D eigenvalue weighted by Crippen LogP contribution is 2.35. The predicted molar refractivity (Wildman–Crippen MR) is 48.9 cm³/mol. The molecule has 0 saturated heterocycles. The number of anilines is 1. The molecule has 0 fully saturated rings. The first-order valence-electron chi connectivity index (χ1n) is 3.75. The van der Waals surface area contributed by atoms with Crippen molar-refractivity contribution in [3.8, 4) is 11.5 Å². The second kappa shape index (κ2) is 3.34. The van der Waals surface area contributed by atoms with Crippen LogP contribution in [0.25, 0.3) is 0 Å². The van der Waals surface area contributed by atoms with Crippen LogP contribution in [-0.2, 0) is 0 Å². The van der Waals surface area contributed by atoms with Crippen molar-refractivity contribution in [1.82, 2.24) is 0 Å². The van der Waals surface area contributed by atoms with E-state index in [1.54, 1.807) is 20.2 Å². The standard InChI is InChI=1S/C9H13NO2/c1-6-4-5-7(11)8(10-2)9(6)12-3/h4-5,10-11H,1-3H3. The van der Waals surface area contributed by atoms with Crippen LogP contribution in [0.1, 0.15) is 5.56 Å². The number of phenols is 1. The molecule has 0 aliphatic heterocycles. The smallest absolute Gasteiger partial charge is 0.148 e. The number of benzene rings is 1. The summed E-state index contributed by atoms with van der Waals surface area (Å²) in [5.41, 5.74) is 1.64. The number of nitrogens with one attached hydrogen (secondary N) is 1. The first kappa shape index (κ1) is 8.71. The molecule has 0 aliphatic rings. The Hall–Kier alpha value is -1.38. The Labute approximate surface area is 72.0 Å². The largest absolute Gasteiger partial charge is 0.506 e. The minimum absolute atomic E-state index is 0.208. The van der Waals surface area contributed by atoms with Crippen LogP contribution < -0.4 is 10.1 Å². The summed E-state index contributed by atoms with van der Waals surface area (Å²) in [4.78, 5) is 0. The summed E-state index contributed by atoms with van der Waals surface area (Å²) in [5.74, 6) is 0.900. The number of hydrogen-bond acceptors (Lipinski definition) is 3. The van der Waals surface area contributed by atoms with E-state index in [4.69, 9.17) is 4.74 Å². The molecule has 2 N–H and O–H groups in total. The Morgan fingerprint density at radius 3 is 2.50 bits per heavy atom. The Kier molecular flexibility index (Phi) is 2.43. The quantitative estimate of drug-likeness (QED) is 0.659. The van der Waals surface area contributed by atoms with E-state index in [9.17, 15) is 5.11 Å². The Morgan fingerprint density at radius 2 is 2.08 bits per heavy atom. The normalized spacial score (nSPS) is 9.58. The van der Waals surface area contributed by atoms with Gasteiger partial charge in [-0.1, -0.05) is 6.07 Å². The molecule has 12 heavy (non-hydrogen) atoms. The van der Waals surface area contributed by atoms with Crippen LogP contribution in [0.15, 0.2) is 12.1 Å². The van der Waals surface area contributed by atoms with Gasteiger partial charge in [-0.3, -0.25) is 0 Å². The van der Waals surface area contributed by atoms with Crippen molar-refractivity contribution < 1.29 is 9.84 Å². The maximum Gasteiger partial charge on any atom is 0.148 e. The third-order valence-corrected chi connectivity index (χ3v) is 1.79. The predicted octanol–water partition coefficient (Wildman–Crippen LogP) is 1.75. The highest BCUT2D eigenvalue weighted by Gasteiger charge is 2.08. The average molecular weight is 167 g/mol. The van der Waals surface area contributed by atoms with Crippen LogP contribution in [0.2, 0.25) is 0 Å². The van der Waals surface area contributed by atoms with E-state index in [0.29, 0.717) is 11.4 Å². The summed E-state index contributed by atoms with van der Waals surface area (Å²) < 4.78 is 5.13. The van der Waals surface area contributed by atoms with Gasteiger partial charge in [0.05, 0.1) is 7.11 Å². The molecule has 0 bridgehead atoms. The summed E-state index contributed by atoms with van der Waals surface area (Å²) >= 11 is 0. The van der Waals surface area contributed by atoms with Gasteiger partial charge in [0.1, 0.15) is 17.2 Å². The number of hydrogen-bond donors (Lipinski definition) is 2. The number of aryl methyl sites for hydroxylation is 1. The number of aromatic hydroxyl groups is 1. The van der Waals surface area contributed by atoms with Crippen LogP contribution in [-0.4, -0.2) is 19.3 Å². The Bertz CT molecular complexity index is 255. The molecule has 0 heterocycles. The molecular formula is C9H13NO2.